The number of nitrogens with one attached hydrogen (secondary N) is 1. The molecule has 0 aliphatic heterocycles. The lowest BCUT2D eigenvalue weighted by molar-refractivity contribution is -0.0498. The van der Waals surface area contributed by atoms with Gasteiger partial charge in [0.25, 0.3) is 0 Å². The second-order valence-electron chi connectivity index (χ2n) is 6.65. The van der Waals surface area contributed by atoms with Crippen molar-refractivity contribution in [1.29, 1.82) is 5.26 Å². The van der Waals surface area contributed by atoms with Gasteiger partial charge in [0.2, 0.25) is 0 Å². The van der Waals surface area contributed by atoms with Gasteiger partial charge in [-0.3, -0.25) is 0 Å². The van der Waals surface area contributed by atoms with Crippen molar-refractivity contribution in [3.63, 3.8) is 0 Å². The summed E-state index contributed by atoms with van der Waals surface area (Å²) in [5, 5.41) is 9.96. The molecule has 1 aromatic heterocycles. The summed E-state index contributed by atoms with van der Waals surface area (Å²) in [6.07, 6.45) is 3.64. The number of halogens is 2. The van der Waals surface area contributed by atoms with E-state index >= 15 is 0 Å². The fraction of sp³-hybridized carbons (Fsp3) is 0.0400. The second kappa shape index (κ2) is 9.06. The van der Waals surface area contributed by atoms with E-state index < -0.39 is 6.61 Å². The number of alkyl halides is 2. The highest BCUT2D eigenvalue weighted by Crippen LogP contribution is 2.28. The summed E-state index contributed by atoms with van der Waals surface area (Å²) in [6.45, 7) is -2.86. The van der Waals surface area contributed by atoms with Crippen molar-refractivity contribution in [1.82, 2.24) is 9.97 Å². The first-order valence-electron chi connectivity index (χ1n) is 9.52. The van der Waals surface area contributed by atoms with Crippen LogP contribution in [0.4, 0.5) is 8.78 Å². The van der Waals surface area contributed by atoms with Crippen LogP contribution in [-0.2, 0) is 0 Å². The summed E-state index contributed by atoms with van der Waals surface area (Å²) in [5.74, 6) is 0.568. The van der Waals surface area contributed by atoms with Crippen molar-refractivity contribution in [2.45, 2.75) is 6.61 Å². The van der Waals surface area contributed by atoms with Crippen LogP contribution in [0.15, 0.2) is 84.9 Å². The molecule has 0 unspecified atom stereocenters. The van der Waals surface area contributed by atoms with E-state index in [0.29, 0.717) is 17.0 Å². The number of rotatable bonds is 6. The predicted molar refractivity (Wildman–Crippen MR) is 117 cm³/mol. The number of benzene rings is 3. The first kappa shape index (κ1) is 20.0. The van der Waals surface area contributed by atoms with E-state index in [2.05, 4.69) is 20.8 Å². The van der Waals surface area contributed by atoms with Gasteiger partial charge in [-0.15, -0.1) is 0 Å². The smallest absolute Gasteiger partial charge is 0.387 e. The van der Waals surface area contributed by atoms with Crippen LogP contribution in [0.1, 0.15) is 17.0 Å². The molecule has 4 rings (SSSR count). The number of nitrogens with zero attached hydrogens (tertiary/aromatic N) is 2. The molecule has 0 fully saturated rings. The van der Waals surface area contributed by atoms with Gasteiger partial charge in [-0.1, -0.05) is 66.7 Å². The highest BCUT2D eigenvalue weighted by Gasteiger charge is 2.13. The molecule has 152 valence electrons. The Morgan fingerprint density at radius 1 is 0.968 bits per heavy atom. The average molecular weight is 413 g/mol. The third-order valence-corrected chi connectivity index (χ3v) is 4.64. The van der Waals surface area contributed by atoms with E-state index in [1.54, 1.807) is 12.1 Å². The maximum atomic E-state index is 12.3. The van der Waals surface area contributed by atoms with Gasteiger partial charge in [0, 0.05) is 5.57 Å². The van der Waals surface area contributed by atoms with Crippen LogP contribution in [0.3, 0.4) is 0 Å². The summed E-state index contributed by atoms with van der Waals surface area (Å²) < 4.78 is 29.1. The Hall–Kier alpha value is -4.24. The number of ether oxygens (including phenoxy) is 1. The monoisotopic (exact) mass is 413 g/mol. The van der Waals surface area contributed by atoms with Crippen LogP contribution < -0.4 is 4.74 Å². The predicted octanol–water partition coefficient (Wildman–Crippen LogP) is 6.31. The van der Waals surface area contributed by atoms with Crippen LogP contribution >= 0.6 is 0 Å². The molecule has 1 heterocycles. The van der Waals surface area contributed by atoms with E-state index in [1.807, 2.05) is 66.7 Å². The lowest BCUT2D eigenvalue weighted by Gasteiger charge is -2.06. The highest BCUT2D eigenvalue weighted by atomic mass is 19.3. The maximum Gasteiger partial charge on any atom is 0.387 e. The fourth-order valence-electron chi connectivity index (χ4n) is 3.19. The maximum absolute atomic E-state index is 12.3. The number of imidazole rings is 1. The first-order chi connectivity index (χ1) is 15.1. The zero-order chi connectivity index (χ0) is 21.6. The number of para-hydroxylation sites is 2. The largest absolute Gasteiger partial charge is 0.435 e. The van der Waals surface area contributed by atoms with Crippen molar-refractivity contribution in [3.8, 4) is 11.8 Å². The quantitative estimate of drug-likeness (QED) is 0.298. The Morgan fingerprint density at radius 2 is 1.68 bits per heavy atom. The first-order valence-corrected chi connectivity index (χ1v) is 9.52. The molecule has 0 saturated heterocycles. The zero-order valence-electron chi connectivity index (χ0n) is 16.3. The molecule has 0 aliphatic carbocycles. The summed E-state index contributed by atoms with van der Waals surface area (Å²) in [5.41, 5.74) is 4.34. The number of hydrogen-bond donors (Lipinski definition) is 1. The topological polar surface area (TPSA) is 61.7 Å². The second-order valence-corrected chi connectivity index (χ2v) is 6.65. The number of hydrogen-bond acceptors (Lipinski definition) is 3. The SMILES string of the molecule is N#C/C(=C(\C=C\c1ccc(OC(F)F)cc1)c1ccccc1)c1nc2ccccc2[nH]1. The van der Waals surface area contributed by atoms with E-state index in [4.69, 9.17) is 0 Å². The number of fused-ring (bicyclic) bond motifs is 1. The number of nitriles is 1. The molecular weight excluding hydrogens is 396 g/mol. The van der Waals surface area contributed by atoms with Crippen molar-refractivity contribution < 1.29 is 13.5 Å². The van der Waals surface area contributed by atoms with Gasteiger partial charge in [-0.2, -0.15) is 14.0 Å². The van der Waals surface area contributed by atoms with Crippen molar-refractivity contribution in [3.05, 3.63) is 102 Å². The van der Waals surface area contributed by atoms with Gasteiger partial charge in [0.05, 0.1) is 11.0 Å². The molecular formula is C25H17F2N3O. The van der Waals surface area contributed by atoms with Crippen LogP contribution in [0.5, 0.6) is 5.75 Å². The minimum absolute atomic E-state index is 0.0889. The fourth-order valence-corrected chi connectivity index (χ4v) is 3.19. The van der Waals surface area contributed by atoms with Crippen LogP contribution in [0.25, 0.3) is 28.3 Å². The molecule has 0 saturated carbocycles. The van der Waals surface area contributed by atoms with Gasteiger partial charge < -0.3 is 9.72 Å². The van der Waals surface area contributed by atoms with E-state index in [9.17, 15) is 14.0 Å². The summed E-state index contributed by atoms with van der Waals surface area (Å²) in [4.78, 5) is 7.77. The Morgan fingerprint density at radius 3 is 2.35 bits per heavy atom. The molecule has 4 aromatic rings. The van der Waals surface area contributed by atoms with Crippen molar-refractivity contribution >= 4 is 28.3 Å². The lowest BCUT2D eigenvalue weighted by atomic mass is 9.98. The summed E-state index contributed by atoms with van der Waals surface area (Å²) in [6, 6.07) is 25.7. The van der Waals surface area contributed by atoms with E-state index in [1.165, 1.54) is 12.1 Å². The van der Waals surface area contributed by atoms with Gasteiger partial charge >= 0.3 is 6.61 Å². The molecule has 4 nitrogen and oxygen atoms in total. The van der Waals surface area contributed by atoms with E-state index in [-0.39, 0.29) is 5.75 Å². The number of H-pyrrole nitrogens is 1. The lowest BCUT2D eigenvalue weighted by Crippen LogP contribution is -2.01. The van der Waals surface area contributed by atoms with Crippen LogP contribution in [0, 0.1) is 11.3 Å². The third-order valence-electron chi connectivity index (χ3n) is 4.64. The minimum Gasteiger partial charge on any atom is -0.435 e. The zero-order valence-corrected chi connectivity index (χ0v) is 16.3. The van der Waals surface area contributed by atoms with Crippen molar-refractivity contribution in [2.24, 2.45) is 0 Å². The van der Waals surface area contributed by atoms with Crippen LogP contribution in [-0.4, -0.2) is 16.6 Å². The van der Waals surface area contributed by atoms with Gasteiger partial charge in [-0.05, 0) is 35.4 Å². The standard InChI is InChI=1S/C25H17F2N3O/c26-25(27)31-19-13-10-17(11-14-19)12-15-20(18-6-2-1-3-7-18)21(16-28)24-29-22-8-4-5-9-23(22)30-24/h1-15,25H,(H,29,30)/b15-12+,21-20-. The van der Waals surface area contributed by atoms with Crippen LogP contribution in [0.2, 0.25) is 0 Å². The molecule has 1 N–H and O–H groups in total. The molecule has 3 aromatic carbocycles. The number of aromatic amines is 1. The Balaban J connectivity index is 1.77. The molecule has 0 spiro atoms. The highest BCUT2D eigenvalue weighted by molar-refractivity contribution is 6.02. The number of aromatic nitrogens is 2. The van der Waals surface area contributed by atoms with Crippen molar-refractivity contribution in [2.75, 3.05) is 0 Å². The molecule has 0 bridgehead atoms. The Bertz CT molecular complexity index is 1250. The molecule has 0 amide bonds. The molecule has 6 heteroatoms. The average Bonchev–Trinajstić information content (AvgIpc) is 3.21. The van der Waals surface area contributed by atoms with E-state index in [0.717, 1.165) is 22.2 Å². The van der Waals surface area contributed by atoms with Gasteiger partial charge in [0.15, 0.2) is 0 Å². The molecule has 0 aliphatic rings. The molecule has 31 heavy (non-hydrogen) atoms. The van der Waals surface area contributed by atoms with Gasteiger partial charge in [0.1, 0.15) is 23.2 Å². The molecule has 0 atom stereocenters. The Kier molecular flexibility index (Phi) is 5.86. The number of allylic oxidation sites excluding steroid dienone is 3. The Labute approximate surface area is 177 Å². The third kappa shape index (κ3) is 4.68. The van der Waals surface area contributed by atoms with Gasteiger partial charge in [-0.25, -0.2) is 4.98 Å². The summed E-state index contributed by atoms with van der Waals surface area (Å²) >= 11 is 0. The normalized spacial score (nSPS) is 12.2. The molecule has 0 radical (unpaired) electrons. The summed E-state index contributed by atoms with van der Waals surface area (Å²) in [7, 11) is 0. The minimum atomic E-state index is -2.86.